The summed E-state index contributed by atoms with van der Waals surface area (Å²) in [6, 6.07) is 8.20. The van der Waals surface area contributed by atoms with E-state index in [1.165, 1.54) is 32.4 Å². The molecule has 3 N–H and O–H groups in total. The van der Waals surface area contributed by atoms with Gasteiger partial charge in [-0.1, -0.05) is 17.7 Å². The summed E-state index contributed by atoms with van der Waals surface area (Å²) in [7, 11) is -0.423. The number of nitrogens with one attached hydrogen (secondary N) is 3. The number of aryl methyl sites for hydroxylation is 2. The van der Waals surface area contributed by atoms with Crippen molar-refractivity contribution in [2.45, 2.75) is 40.2 Å². The number of anilines is 2. The number of benzene rings is 3. The molecule has 46 heavy (non-hydrogen) atoms. The second-order valence-corrected chi connectivity index (χ2v) is 10.8. The van der Waals surface area contributed by atoms with E-state index in [-0.39, 0.29) is 62.9 Å². The first-order chi connectivity index (χ1) is 23.1. The van der Waals surface area contributed by atoms with Crippen molar-refractivity contribution in [2.75, 3.05) is 45.0 Å². The van der Waals surface area contributed by atoms with E-state index >= 15 is 0 Å². The van der Waals surface area contributed by atoms with E-state index in [9.17, 15) is 19.2 Å². The molecule has 244 valence electrons. The van der Waals surface area contributed by atoms with Crippen molar-refractivity contribution in [1.29, 1.82) is 0 Å². The third-order valence-corrected chi connectivity index (χ3v) is 7.70. The third kappa shape index (κ3) is 7.12. The van der Waals surface area contributed by atoms with Gasteiger partial charge in [-0.2, -0.15) is 0 Å². The number of hydrogen-bond donors (Lipinski definition) is 3. The van der Waals surface area contributed by atoms with Crippen LogP contribution in [0.4, 0.5) is 11.4 Å². The number of amides is 4. The van der Waals surface area contributed by atoms with Gasteiger partial charge in [-0.15, -0.1) is 0 Å². The van der Waals surface area contributed by atoms with E-state index in [0.717, 1.165) is 11.1 Å². The molecule has 1 atom stereocenters. The van der Waals surface area contributed by atoms with Gasteiger partial charge in [0, 0.05) is 13.1 Å². The zero-order chi connectivity index (χ0) is 36.2. The molecule has 0 saturated heterocycles. The Hall–Kier alpha value is -4.97. The Morgan fingerprint density at radius 2 is 1.65 bits per heavy atom. The molecule has 0 bridgehead atoms. The highest BCUT2D eigenvalue weighted by atomic mass is 35.5. The Kier molecular flexibility index (Phi) is 9.32. The first-order valence-corrected chi connectivity index (χ1v) is 14.7. The van der Waals surface area contributed by atoms with Crippen molar-refractivity contribution in [2.24, 2.45) is 0 Å². The molecule has 13 heteroatoms. The van der Waals surface area contributed by atoms with Gasteiger partial charge in [0.05, 0.1) is 59.3 Å². The van der Waals surface area contributed by atoms with Gasteiger partial charge in [-0.3, -0.25) is 19.2 Å². The first kappa shape index (κ1) is 29.7. The van der Waals surface area contributed by atoms with E-state index < -0.39 is 30.8 Å². The van der Waals surface area contributed by atoms with Gasteiger partial charge in [-0.05, 0) is 69.2 Å². The Balaban J connectivity index is 1.79. The van der Waals surface area contributed by atoms with E-state index in [1.54, 1.807) is 17.0 Å². The normalized spacial score (nSPS) is 15.1. The molecule has 0 saturated carbocycles. The Morgan fingerprint density at radius 3 is 2.26 bits per heavy atom. The van der Waals surface area contributed by atoms with Crippen molar-refractivity contribution >= 4 is 46.6 Å². The zero-order valence-corrected chi connectivity index (χ0v) is 27.0. The van der Waals surface area contributed by atoms with Crippen molar-refractivity contribution < 1.29 is 42.2 Å². The molecule has 4 amide bonds. The van der Waals surface area contributed by atoms with Crippen molar-refractivity contribution in [3.63, 3.8) is 0 Å². The molecule has 12 nitrogen and oxygen atoms in total. The van der Waals surface area contributed by atoms with E-state index in [4.69, 9.17) is 34.7 Å². The average molecular weight is 656 g/mol. The predicted octanol–water partition coefficient (Wildman–Crippen LogP) is 5.34. The molecule has 1 aliphatic heterocycles. The summed E-state index contributed by atoms with van der Waals surface area (Å²) in [4.78, 5) is 54.9. The van der Waals surface area contributed by atoms with Crippen LogP contribution in [0.3, 0.4) is 0 Å². The molecule has 1 aliphatic rings. The highest BCUT2D eigenvalue weighted by Crippen LogP contribution is 2.45. The SMILES string of the molecule is [2H]C([2H])([2H])Oc1c(OC)cc(C(=O)Nc2cc3c(cc2Oc2cc(C)cc(C)c2)C(=O)N[C@@H](CC(=O)N(CC)CC)C(=O)N3)c(Cl)c1OC. The van der Waals surface area contributed by atoms with E-state index in [0.29, 0.717) is 18.8 Å². The number of methoxy groups -OCH3 is 3. The highest BCUT2D eigenvalue weighted by molar-refractivity contribution is 6.36. The highest BCUT2D eigenvalue weighted by Gasteiger charge is 2.32. The van der Waals surface area contributed by atoms with Gasteiger partial charge in [-0.25, -0.2) is 0 Å². The fourth-order valence-electron chi connectivity index (χ4n) is 5.10. The fourth-order valence-corrected chi connectivity index (χ4v) is 5.40. The Morgan fingerprint density at radius 1 is 0.957 bits per heavy atom. The summed E-state index contributed by atoms with van der Waals surface area (Å²) in [5, 5.41) is 7.75. The van der Waals surface area contributed by atoms with Crippen LogP contribution >= 0.6 is 11.6 Å². The van der Waals surface area contributed by atoms with Crippen molar-refractivity contribution in [3.05, 3.63) is 63.7 Å². The topological polar surface area (TPSA) is 145 Å². The minimum Gasteiger partial charge on any atom is -0.493 e. The van der Waals surface area contributed by atoms with Crippen LogP contribution in [0.2, 0.25) is 5.02 Å². The number of rotatable bonds is 11. The zero-order valence-electron chi connectivity index (χ0n) is 29.3. The first-order valence-electron chi connectivity index (χ1n) is 15.9. The molecule has 3 aromatic carbocycles. The standard InChI is InChI=1S/C33H37ClN4O8/c1-8-38(9-2)27(39)16-24-33(42)35-22-15-23(36-32(41)21-14-26(43-5)29(44-6)30(45-7)28(21)34)25(13-20(22)31(40)37-24)46-19-11-17(3)10-18(4)12-19/h10-15,24H,8-9,16H2,1-7H3,(H,35,42)(H,36,41)(H,37,40)/t24-/m0/s1/i6D3. The molecule has 3 aromatic rings. The Bertz CT molecular complexity index is 1780. The number of carbonyl (C=O) groups excluding carboxylic acids is 4. The quantitative estimate of drug-likeness (QED) is 0.251. The fraction of sp³-hybridized carbons (Fsp3) is 0.333. The molecular formula is C33H37ClN4O8. The van der Waals surface area contributed by atoms with Crippen molar-refractivity contribution in [1.82, 2.24) is 10.2 Å². The predicted molar refractivity (Wildman–Crippen MR) is 174 cm³/mol. The largest absolute Gasteiger partial charge is 0.493 e. The maximum absolute atomic E-state index is 13.8. The lowest BCUT2D eigenvalue weighted by Gasteiger charge is -2.21. The van der Waals surface area contributed by atoms with Gasteiger partial charge in [0.1, 0.15) is 11.8 Å². The number of ether oxygens (including phenoxy) is 4. The number of hydrogen-bond acceptors (Lipinski definition) is 8. The molecule has 4 rings (SSSR count). The minimum atomic E-state index is -2.88. The second-order valence-electron chi connectivity index (χ2n) is 10.5. The number of halogens is 1. The summed E-state index contributed by atoms with van der Waals surface area (Å²) in [5.74, 6) is -2.68. The average Bonchev–Trinajstić information content (AvgIpc) is 3.11. The molecular weight excluding hydrogens is 616 g/mol. The van der Waals surface area contributed by atoms with Crippen LogP contribution in [0, 0.1) is 13.8 Å². The molecule has 0 spiro atoms. The molecule has 1 heterocycles. The number of carbonyl (C=O) groups is 4. The Labute approximate surface area is 276 Å². The monoisotopic (exact) mass is 655 g/mol. The lowest BCUT2D eigenvalue weighted by Crippen LogP contribution is -2.45. The summed E-state index contributed by atoms with van der Waals surface area (Å²) < 4.78 is 44.4. The molecule has 0 radical (unpaired) electrons. The smallest absolute Gasteiger partial charge is 0.257 e. The van der Waals surface area contributed by atoms with Crippen LogP contribution in [0.25, 0.3) is 0 Å². The van der Waals surface area contributed by atoms with Gasteiger partial charge in [0.15, 0.2) is 17.2 Å². The van der Waals surface area contributed by atoms with E-state index in [1.807, 2.05) is 33.8 Å². The summed E-state index contributed by atoms with van der Waals surface area (Å²) in [5.41, 5.74) is 1.71. The van der Waals surface area contributed by atoms with Crippen LogP contribution in [0.15, 0.2) is 36.4 Å². The molecule has 0 aliphatic carbocycles. The van der Waals surface area contributed by atoms with Gasteiger partial charge >= 0.3 is 0 Å². The second kappa shape index (κ2) is 14.4. The van der Waals surface area contributed by atoms with Crippen LogP contribution in [-0.2, 0) is 9.59 Å². The maximum Gasteiger partial charge on any atom is 0.257 e. The maximum atomic E-state index is 13.8. The third-order valence-electron chi connectivity index (χ3n) is 7.32. The lowest BCUT2D eigenvalue weighted by atomic mass is 10.1. The van der Waals surface area contributed by atoms with Crippen LogP contribution in [0.1, 0.15) is 56.2 Å². The summed E-state index contributed by atoms with van der Waals surface area (Å²) >= 11 is 6.54. The van der Waals surface area contributed by atoms with E-state index in [2.05, 4.69) is 16.0 Å². The summed E-state index contributed by atoms with van der Waals surface area (Å²) in [6.45, 7) is 8.27. The van der Waals surface area contributed by atoms with Gasteiger partial charge in [0.25, 0.3) is 11.8 Å². The molecule has 0 fully saturated rings. The van der Waals surface area contributed by atoms with Crippen LogP contribution in [-0.4, -0.2) is 68.9 Å². The van der Waals surface area contributed by atoms with Gasteiger partial charge < -0.3 is 39.8 Å². The number of fused-ring (bicyclic) bond motifs is 1. The van der Waals surface area contributed by atoms with Gasteiger partial charge in [0.2, 0.25) is 17.6 Å². The number of nitrogens with zero attached hydrogens (tertiary/aromatic N) is 1. The lowest BCUT2D eigenvalue weighted by molar-refractivity contribution is -0.133. The molecule has 0 unspecified atom stereocenters. The van der Waals surface area contributed by atoms with Crippen LogP contribution in [0.5, 0.6) is 28.7 Å². The van der Waals surface area contributed by atoms with Crippen LogP contribution < -0.4 is 34.9 Å². The van der Waals surface area contributed by atoms with Crippen molar-refractivity contribution in [3.8, 4) is 28.7 Å². The minimum absolute atomic E-state index is 0.0241. The summed E-state index contributed by atoms with van der Waals surface area (Å²) in [6.07, 6.45) is -0.258. The molecule has 0 aromatic heterocycles.